The zero-order chi connectivity index (χ0) is 9.07. The summed E-state index contributed by atoms with van der Waals surface area (Å²) in [6, 6.07) is 0. The van der Waals surface area contributed by atoms with Crippen molar-refractivity contribution in [2.24, 2.45) is 5.92 Å². The molecule has 3 nitrogen and oxygen atoms in total. The van der Waals surface area contributed by atoms with E-state index in [4.69, 9.17) is 5.11 Å². The van der Waals surface area contributed by atoms with Crippen molar-refractivity contribution in [3.05, 3.63) is 0 Å². The van der Waals surface area contributed by atoms with E-state index >= 15 is 0 Å². The molecule has 0 aromatic carbocycles. The van der Waals surface area contributed by atoms with Gasteiger partial charge in [-0.3, -0.25) is 4.79 Å². The lowest BCUT2D eigenvalue weighted by atomic mass is 10.1. The third-order valence-electron chi connectivity index (χ3n) is 1.61. The summed E-state index contributed by atoms with van der Waals surface area (Å²) in [5, 5.41) is 8.73. The van der Waals surface area contributed by atoms with Crippen LogP contribution in [-0.4, -0.2) is 43.2 Å². The Balaban J connectivity index is 3.99. The molecule has 0 aliphatic heterocycles. The van der Waals surface area contributed by atoms with Gasteiger partial charge in [0.05, 0.1) is 27.7 Å². The van der Waals surface area contributed by atoms with E-state index in [1.807, 2.05) is 28.1 Å². The lowest BCUT2D eigenvalue weighted by Gasteiger charge is -2.26. The van der Waals surface area contributed by atoms with Crippen LogP contribution in [0.1, 0.15) is 13.3 Å². The number of aliphatic carboxylic acids is 1. The summed E-state index contributed by atoms with van der Waals surface area (Å²) in [7, 11) is 6.02. The molecule has 0 bridgehead atoms. The molecular weight excluding hydrogens is 142 g/mol. The maximum Gasteiger partial charge on any atom is 0.312 e. The Kier molecular flexibility index (Phi) is 3.52. The highest BCUT2D eigenvalue weighted by Crippen LogP contribution is 2.07. The second-order valence-corrected chi connectivity index (χ2v) is 3.92. The normalized spacial score (nSPS) is 14.5. The Bertz CT molecular complexity index is 138. The van der Waals surface area contributed by atoms with Gasteiger partial charge in [0.1, 0.15) is 5.92 Å². The lowest BCUT2D eigenvalue weighted by molar-refractivity contribution is -0.872. The van der Waals surface area contributed by atoms with Gasteiger partial charge in [-0.25, -0.2) is 0 Å². The van der Waals surface area contributed by atoms with Gasteiger partial charge in [0, 0.05) is 0 Å². The van der Waals surface area contributed by atoms with Gasteiger partial charge in [-0.2, -0.15) is 0 Å². The number of carboxylic acids is 1. The molecule has 0 fully saturated rings. The van der Waals surface area contributed by atoms with E-state index in [2.05, 4.69) is 0 Å². The number of hydrogen-bond donors (Lipinski definition) is 1. The monoisotopic (exact) mass is 160 g/mol. The van der Waals surface area contributed by atoms with E-state index in [0.717, 1.165) is 0 Å². The van der Waals surface area contributed by atoms with Gasteiger partial charge in [0.25, 0.3) is 0 Å². The van der Waals surface area contributed by atoms with Crippen molar-refractivity contribution in [3.63, 3.8) is 0 Å². The fourth-order valence-corrected chi connectivity index (χ4v) is 1.04. The van der Waals surface area contributed by atoms with Crippen molar-refractivity contribution < 1.29 is 14.4 Å². The zero-order valence-corrected chi connectivity index (χ0v) is 7.79. The van der Waals surface area contributed by atoms with Gasteiger partial charge < -0.3 is 9.59 Å². The molecule has 0 aromatic rings. The standard InChI is InChI=1S/C8H17NO2/c1-5-7(8(10)11)6-9(2,3)4/h7H,5-6H2,1-4H3/p+1. The number of carboxylic acid groups (broad SMARTS) is 1. The minimum atomic E-state index is -0.680. The highest BCUT2D eigenvalue weighted by Gasteiger charge is 2.22. The fourth-order valence-electron chi connectivity index (χ4n) is 1.04. The van der Waals surface area contributed by atoms with Crippen molar-refractivity contribution >= 4 is 5.97 Å². The van der Waals surface area contributed by atoms with Crippen LogP contribution in [-0.2, 0) is 4.79 Å². The Morgan fingerprint density at radius 1 is 1.45 bits per heavy atom. The largest absolute Gasteiger partial charge is 0.481 e. The summed E-state index contributed by atoms with van der Waals surface area (Å²) in [6.45, 7) is 2.61. The molecule has 0 saturated heterocycles. The summed E-state index contributed by atoms with van der Waals surface area (Å²) >= 11 is 0. The molecule has 3 heteroatoms. The molecule has 0 amide bonds. The van der Waals surface area contributed by atoms with E-state index in [0.29, 0.717) is 17.4 Å². The Labute approximate surface area is 68.2 Å². The van der Waals surface area contributed by atoms with Crippen LogP contribution in [0.25, 0.3) is 0 Å². The number of quaternary nitrogens is 1. The van der Waals surface area contributed by atoms with E-state index < -0.39 is 5.97 Å². The van der Waals surface area contributed by atoms with Crippen molar-refractivity contribution in [1.82, 2.24) is 0 Å². The highest BCUT2D eigenvalue weighted by atomic mass is 16.4. The van der Waals surface area contributed by atoms with Gasteiger partial charge in [0.15, 0.2) is 0 Å². The molecule has 0 aliphatic carbocycles. The number of nitrogens with zero attached hydrogens (tertiary/aromatic N) is 1. The predicted octanol–water partition coefficient (Wildman–Crippen LogP) is 0.803. The summed E-state index contributed by atoms with van der Waals surface area (Å²) in [5.74, 6) is -0.879. The van der Waals surface area contributed by atoms with Crippen molar-refractivity contribution in [2.75, 3.05) is 27.7 Å². The average molecular weight is 160 g/mol. The van der Waals surface area contributed by atoms with Crippen LogP contribution in [0.4, 0.5) is 0 Å². The van der Waals surface area contributed by atoms with Crippen LogP contribution in [0.15, 0.2) is 0 Å². The van der Waals surface area contributed by atoms with E-state index in [1.54, 1.807) is 0 Å². The highest BCUT2D eigenvalue weighted by molar-refractivity contribution is 5.69. The first-order valence-corrected chi connectivity index (χ1v) is 3.90. The van der Waals surface area contributed by atoms with Crippen LogP contribution in [0.5, 0.6) is 0 Å². The van der Waals surface area contributed by atoms with Gasteiger partial charge in [-0.05, 0) is 6.42 Å². The molecule has 1 atom stereocenters. The fraction of sp³-hybridized carbons (Fsp3) is 0.875. The summed E-state index contributed by atoms with van der Waals surface area (Å²) in [5.41, 5.74) is 0. The number of hydrogen-bond acceptors (Lipinski definition) is 1. The van der Waals surface area contributed by atoms with E-state index in [1.165, 1.54) is 0 Å². The van der Waals surface area contributed by atoms with Gasteiger partial charge in [-0.1, -0.05) is 6.92 Å². The molecule has 66 valence electrons. The first-order valence-electron chi connectivity index (χ1n) is 3.90. The molecule has 0 heterocycles. The Morgan fingerprint density at radius 3 is 2.00 bits per heavy atom. The maximum atomic E-state index is 10.6. The molecule has 0 saturated carbocycles. The average Bonchev–Trinajstić information content (AvgIpc) is 1.80. The first kappa shape index (κ1) is 10.4. The molecule has 0 rings (SSSR count). The third kappa shape index (κ3) is 4.79. The van der Waals surface area contributed by atoms with Crippen LogP contribution in [0.2, 0.25) is 0 Å². The summed E-state index contributed by atoms with van der Waals surface area (Å²) < 4.78 is 0.713. The quantitative estimate of drug-likeness (QED) is 0.618. The molecule has 1 unspecified atom stereocenters. The van der Waals surface area contributed by atoms with Gasteiger partial charge in [-0.15, -0.1) is 0 Å². The Hall–Kier alpha value is -0.570. The van der Waals surface area contributed by atoms with Crippen LogP contribution in [0, 0.1) is 5.92 Å². The minimum absolute atomic E-state index is 0.199. The molecule has 0 spiro atoms. The minimum Gasteiger partial charge on any atom is -0.481 e. The first-order chi connectivity index (χ1) is 4.87. The lowest BCUT2D eigenvalue weighted by Crippen LogP contribution is -2.41. The molecule has 0 aliphatic rings. The van der Waals surface area contributed by atoms with Crippen LogP contribution in [0.3, 0.4) is 0 Å². The van der Waals surface area contributed by atoms with Crippen molar-refractivity contribution in [3.8, 4) is 0 Å². The van der Waals surface area contributed by atoms with Gasteiger partial charge in [0.2, 0.25) is 0 Å². The Morgan fingerprint density at radius 2 is 1.91 bits per heavy atom. The van der Waals surface area contributed by atoms with E-state index in [9.17, 15) is 4.79 Å². The smallest absolute Gasteiger partial charge is 0.312 e. The molecular formula is C8H18NO2+. The molecule has 1 N–H and O–H groups in total. The number of rotatable bonds is 4. The maximum absolute atomic E-state index is 10.6. The summed E-state index contributed by atoms with van der Waals surface area (Å²) in [4.78, 5) is 10.6. The van der Waals surface area contributed by atoms with Crippen molar-refractivity contribution in [2.45, 2.75) is 13.3 Å². The summed E-state index contributed by atoms with van der Waals surface area (Å²) in [6.07, 6.45) is 0.713. The van der Waals surface area contributed by atoms with Crippen molar-refractivity contribution in [1.29, 1.82) is 0 Å². The SMILES string of the molecule is CCC(C[N+](C)(C)C)C(=O)O. The molecule has 0 aromatic heterocycles. The van der Waals surface area contributed by atoms with Crippen LogP contribution < -0.4 is 0 Å². The predicted molar refractivity (Wildman–Crippen MR) is 44.3 cm³/mol. The van der Waals surface area contributed by atoms with E-state index in [-0.39, 0.29) is 5.92 Å². The van der Waals surface area contributed by atoms with Crippen LogP contribution >= 0.6 is 0 Å². The zero-order valence-electron chi connectivity index (χ0n) is 7.79. The topological polar surface area (TPSA) is 37.3 Å². The second-order valence-electron chi connectivity index (χ2n) is 3.92. The third-order valence-corrected chi connectivity index (χ3v) is 1.61. The molecule has 11 heavy (non-hydrogen) atoms. The molecule has 0 radical (unpaired) electrons. The second kappa shape index (κ2) is 3.72. The van der Waals surface area contributed by atoms with Gasteiger partial charge >= 0.3 is 5.97 Å². The number of carbonyl (C=O) groups is 1.